The van der Waals surface area contributed by atoms with Gasteiger partial charge in [0.05, 0.1) is 18.2 Å². The molecule has 1 amide bonds. The lowest BCUT2D eigenvalue weighted by atomic mass is 9.95. The minimum Gasteiger partial charge on any atom is -0.489 e. The van der Waals surface area contributed by atoms with Gasteiger partial charge in [-0.05, 0) is 25.0 Å². The van der Waals surface area contributed by atoms with Crippen LogP contribution in [0.1, 0.15) is 54.2 Å². The lowest BCUT2D eigenvalue weighted by Gasteiger charge is -2.27. The van der Waals surface area contributed by atoms with Crippen molar-refractivity contribution in [1.29, 1.82) is 0 Å². The van der Waals surface area contributed by atoms with Gasteiger partial charge in [-0.1, -0.05) is 29.6 Å². The molecule has 0 saturated heterocycles. The fourth-order valence-corrected chi connectivity index (χ4v) is 3.79. The predicted octanol–water partition coefficient (Wildman–Crippen LogP) is 3.39. The third-order valence-corrected chi connectivity index (χ3v) is 5.11. The Kier molecular flexibility index (Phi) is 4.48. The van der Waals surface area contributed by atoms with Gasteiger partial charge >= 0.3 is 0 Å². The average molecular weight is 378 g/mol. The number of ether oxygens (including phenoxy) is 2. The van der Waals surface area contributed by atoms with Gasteiger partial charge in [0.25, 0.3) is 5.91 Å². The summed E-state index contributed by atoms with van der Waals surface area (Å²) in [5, 5.41) is 7.52. The van der Waals surface area contributed by atoms with E-state index in [0.29, 0.717) is 47.0 Å². The molecule has 1 aromatic heterocycles. The summed E-state index contributed by atoms with van der Waals surface area (Å²) in [6.45, 7) is 2.81. The molecule has 2 aliphatic rings. The largest absolute Gasteiger partial charge is 0.489 e. The maximum Gasteiger partial charge on any atom is 0.252 e. The van der Waals surface area contributed by atoms with Crippen molar-refractivity contribution in [3.8, 4) is 11.5 Å². The Labute approximate surface area is 156 Å². The van der Waals surface area contributed by atoms with Crippen molar-refractivity contribution in [1.82, 2.24) is 15.5 Å². The van der Waals surface area contributed by atoms with Gasteiger partial charge in [-0.3, -0.25) is 4.79 Å². The second-order valence-corrected chi connectivity index (χ2v) is 7.12. The van der Waals surface area contributed by atoms with Gasteiger partial charge in [0.2, 0.25) is 5.89 Å². The highest BCUT2D eigenvalue weighted by atomic mass is 35.5. The Hall–Kier alpha value is -2.28. The quantitative estimate of drug-likeness (QED) is 0.882. The van der Waals surface area contributed by atoms with Crippen LogP contribution in [0.3, 0.4) is 0 Å². The van der Waals surface area contributed by atoms with E-state index in [1.807, 2.05) is 0 Å². The molecule has 0 bridgehead atoms. The summed E-state index contributed by atoms with van der Waals surface area (Å²) in [4.78, 5) is 17.3. The number of carbonyl (C=O) groups is 1. The molecule has 0 atom stereocenters. The van der Waals surface area contributed by atoms with Crippen molar-refractivity contribution in [2.24, 2.45) is 0 Å². The maximum atomic E-state index is 13.0. The molecule has 1 aliphatic carbocycles. The molecule has 0 spiro atoms. The van der Waals surface area contributed by atoms with E-state index in [2.05, 4.69) is 15.5 Å². The molecule has 1 saturated carbocycles. The number of hydrogen-bond donors (Lipinski definition) is 1. The first-order chi connectivity index (χ1) is 12.6. The maximum absolute atomic E-state index is 13.0. The molecule has 1 aromatic carbocycles. The van der Waals surface area contributed by atoms with Gasteiger partial charge in [-0.2, -0.15) is 4.98 Å². The minimum atomic E-state index is -0.606. The number of aryl methyl sites for hydroxylation is 1. The summed E-state index contributed by atoms with van der Waals surface area (Å²) in [5.41, 5.74) is -0.184. The second-order valence-electron chi connectivity index (χ2n) is 6.72. The van der Waals surface area contributed by atoms with Crippen LogP contribution in [0.2, 0.25) is 5.02 Å². The molecule has 7 nitrogen and oxygen atoms in total. The number of nitrogens with one attached hydrogen (secondary N) is 1. The monoisotopic (exact) mass is 377 g/mol. The number of carbonyl (C=O) groups excluding carboxylic acids is 1. The number of nitrogens with zero attached hydrogens (tertiary/aromatic N) is 2. The van der Waals surface area contributed by atoms with E-state index in [0.717, 1.165) is 32.1 Å². The fraction of sp³-hybridized carbons (Fsp3) is 0.500. The van der Waals surface area contributed by atoms with Crippen molar-refractivity contribution in [2.75, 3.05) is 13.2 Å². The third kappa shape index (κ3) is 3.11. The molecular formula is C18H20ClN3O4. The number of rotatable bonds is 3. The lowest BCUT2D eigenvalue weighted by Crippen LogP contribution is -2.44. The Morgan fingerprint density at radius 2 is 1.96 bits per heavy atom. The highest BCUT2D eigenvalue weighted by molar-refractivity contribution is 6.32. The second kappa shape index (κ2) is 6.79. The number of amides is 1. The zero-order chi connectivity index (χ0) is 18.1. The normalized spacial score (nSPS) is 18.4. The van der Waals surface area contributed by atoms with Crippen LogP contribution in [0.15, 0.2) is 16.7 Å². The van der Waals surface area contributed by atoms with Crippen LogP contribution >= 0.6 is 11.6 Å². The average Bonchev–Trinajstić information content (AvgIpc) is 3.19. The van der Waals surface area contributed by atoms with Crippen molar-refractivity contribution in [3.63, 3.8) is 0 Å². The molecule has 1 N–H and O–H groups in total. The third-order valence-electron chi connectivity index (χ3n) is 4.83. The van der Waals surface area contributed by atoms with Gasteiger partial charge in [0.15, 0.2) is 17.3 Å². The lowest BCUT2D eigenvalue weighted by molar-refractivity contribution is 0.0891. The van der Waals surface area contributed by atoms with Crippen LogP contribution in [0.5, 0.6) is 11.5 Å². The fourth-order valence-electron chi connectivity index (χ4n) is 3.53. The molecule has 138 valence electrons. The number of halogens is 1. The molecule has 8 heteroatoms. The number of hydrogen-bond acceptors (Lipinski definition) is 6. The molecule has 0 unspecified atom stereocenters. The Morgan fingerprint density at radius 3 is 2.69 bits per heavy atom. The molecular weight excluding hydrogens is 358 g/mol. The Morgan fingerprint density at radius 1 is 1.19 bits per heavy atom. The summed E-state index contributed by atoms with van der Waals surface area (Å²) in [6, 6.07) is 3.28. The molecule has 2 aromatic rings. The number of benzene rings is 1. The summed E-state index contributed by atoms with van der Waals surface area (Å²) in [5.74, 6) is 1.76. The van der Waals surface area contributed by atoms with E-state index in [4.69, 9.17) is 25.6 Å². The van der Waals surface area contributed by atoms with Crippen molar-refractivity contribution < 1.29 is 18.8 Å². The van der Waals surface area contributed by atoms with Crippen LogP contribution in [-0.4, -0.2) is 29.3 Å². The van der Waals surface area contributed by atoms with Crippen LogP contribution in [0.4, 0.5) is 0 Å². The zero-order valence-electron chi connectivity index (χ0n) is 14.5. The van der Waals surface area contributed by atoms with Gasteiger partial charge in [-0.25, -0.2) is 0 Å². The highest BCUT2D eigenvalue weighted by Crippen LogP contribution is 2.40. The van der Waals surface area contributed by atoms with E-state index in [1.165, 1.54) is 0 Å². The van der Waals surface area contributed by atoms with E-state index < -0.39 is 5.54 Å². The topological polar surface area (TPSA) is 86.5 Å². The summed E-state index contributed by atoms with van der Waals surface area (Å²) in [7, 11) is 0. The SMILES string of the molecule is Cc1nc(C2(NC(=O)c3cc(Cl)c4c(c3)OCCCO4)CCCC2)no1. The highest BCUT2D eigenvalue weighted by Gasteiger charge is 2.41. The van der Waals surface area contributed by atoms with Crippen LogP contribution in [0.25, 0.3) is 0 Å². The number of aromatic nitrogens is 2. The smallest absolute Gasteiger partial charge is 0.252 e. The molecule has 1 fully saturated rings. The van der Waals surface area contributed by atoms with Gasteiger partial charge in [0, 0.05) is 18.9 Å². The predicted molar refractivity (Wildman–Crippen MR) is 93.7 cm³/mol. The molecule has 4 rings (SSSR count). The summed E-state index contributed by atoms with van der Waals surface area (Å²) < 4.78 is 16.4. The molecule has 2 heterocycles. The van der Waals surface area contributed by atoms with Gasteiger partial charge in [0.1, 0.15) is 5.54 Å². The first-order valence-electron chi connectivity index (χ1n) is 8.80. The van der Waals surface area contributed by atoms with Crippen molar-refractivity contribution in [3.05, 3.63) is 34.4 Å². The van der Waals surface area contributed by atoms with Gasteiger partial charge < -0.3 is 19.3 Å². The molecule has 1 aliphatic heterocycles. The molecule has 26 heavy (non-hydrogen) atoms. The first kappa shape index (κ1) is 17.1. The van der Waals surface area contributed by atoms with Crippen LogP contribution < -0.4 is 14.8 Å². The molecule has 0 radical (unpaired) electrons. The van der Waals surface area contributed by atoms with Crippen molar-refractivity contribution in [2.45, 2.75) is 44.6 Å². The van der Waals surface area contributed by atoms with E-state index >= 15 is 0 Å². The van der Waals surface area contributed by atoms with E-state index in [1.54, 1.807) is 19.1 Å². The summed E-state index contributed by atoms with van der Waals surface area (Å²) >= 11 is 6.31. The Balaban J connectivity index is 1.63. The van der Waals surface area contributed by atoms with E-state index in [9.17, 15) is 4.79 Å². The first-order valence-corrected chi connectivity index (χ1v) is 9.18. The van der Waals surface area contributed by atoms with Crippen molar-refractivity contribution >= 4 is 17.5 Å². The van der Waals surface area contributed by atoms with Crippen LogP contribution in [-0.2, 0) is 5.54 Å². The van der Waals surface area contributed by atoms with Crippen LogP contribution in [0, 0.1) is 6.92 Å². The number of fused-ring (bicyclic) bond motifs is 1. The minimum absolute atomic E-state index is 0.244. The standard InChI is InChI=1S/C18H20ClN3O4/c1-11-20-17(22-26-11)18(5-2-3-6-18)21-16(23)12-9-13(19)15-14(10-12)24-7-4-8-25-15/h9-10H,2-8H2,1H3,(H,21,23). The van der Waals surface area contributed by atoms with Gasteiger partial charge in [-0.15, -0.1) is 0 Å². The Bertz CT molecular complexity index is 830. The summed E-state index contributed by atoms with van der Waals surface area (Å²) in [6.07, 6.45) is 4.31. The zero-order valence-corrected chi connectivity index (χ0v) is 15.3. The van der Waals surface area contributed by atoms with E-state index in [-0.39, 0.29) is 5.91 Å².